The summed E-state index contributed by atoms with van der Waals surface area (Å²) in [6.45, 7) is 3.06. The molecule has 14 heteroatoms. The van der Waals surface area contributed by atoms with Crippen LogP contribution in [0.15, 0.2) is 204 Å². The second-order valence-electron chi connectivity index (χ2n) is 13.2. The Morgan fingerprint density at radius 3 is 0.855 bits per heavy atom. The number of hydrogen-bond donors (Lipinski definition) is 6. The van der Waals surface area contributed by atoms with Gasteiger partial charge in [-0.3, -0.25) is 0 Å². The zero-order valence-electron chi connectivity index (χ0n) is 33.3. The van der Waals surface area contributed by atoms with Gasteiger partial charge in [-0.15, -0.1) is 83.2 Å². The molecule has 7 aromatic carbocycles. The van der Waals surface area contributed by atoms with Crippen molar-refractivity contribution in [2.24, 2.45) is 0 Å². The Kier molecular flexibility index (Phi) is 18.6. The van der Waals surface area contributed by atoms with Gasteiger partial charge >= 0.3 is 0 Å². The summed E-state index contributed by atoms with van der Waals surface area (Å²) in [5, 5.41) is 47.5. The summed E-state index contributed by atoms with van der Waals surface area (Å²) in [4.78, 5) is 7.31. The predicted molar refractivity (Wildman–Crippen MR) is 264 cm³/mol. The number of benzene rings is 7. The summed E-state index contributed by atoms with van der Waals surface area (Å²) in [5.74, 6) is 2.83. The molecule has 1 unspecified atom stereocenters. The molecule has 62 heavy (non-hydrogen) atoms. The maximum atomic E-state index is 9.69. The normalized spacial score (nSPS) is 11.5. The van der Waals surface area contributed by atoms with Crippen LogP contribution in [0.3, 0.4) is 0 Å². The Morgan fingerprint density at radius 1 is 0.355 bits per heavy atom. The highest BCUT2D eigenvalue weighted by Gasteiger charge is 2.17. The Hall–Kier alpha value is -4.41. The minimum atomic E-state index is 0.0259. The van der Waals surface area contributed by atoms with E-state index in [1.807, 2.05) is 97.1 Å². The molecule has 0 radical (unpaired) electrons. The Morgan fingerprint density at radius 2 is 0.581 bits per heavy atom. The SMILES string of the molecule is CC(Sc1ccc(O)cc1)Sc1ccc(O)cc1.Oc1ccc(SC(COc2ccc(SC(COc3ccc(S)cc3)Sc3ccc(O)cc3)cc2)Sc2ccc(O)cc2)cc1. The Labute approximate surface area is 393 Å². The van der Waals surface area contributed by atoms with Crippen LogP contribution in [0, 0.1) is 0 Å². The molecule has 0 saturated heterocycles. The van der Waals surface area contributed by atoms with Crippen molar-refractivity contribution in [1.29, 1.82) is 0 Å². The molecular weight excluding hydrogens is 913 g/mol. The summed E-state index contributed by atoms with van der Waals surface area (Å²) in [6.07, 6.45) is 0. The lowest BCUT2D eigenvalue weighted by molar-refractivity contribution is 0.337. The maximum Gasteiger partial charge on any atom is 0.119 e. The first-order valence-corrected chi connectivity index (χ1v) is 24.8. The van der Waals surface area contributed by atoms with Gasteiger partial charge in [0, 0.05) is 34.3 Å². The zero-order valence-corrected chi connectivity index (χ0v) is 39.1. The molecule has 0 heterocycles. The average molecular weight is 957 g/mol. The predicted octanol–water partition coefficient (Wildman–Crippen LogP) is 14.0. The third-order valence-corrected chi connectivity index (χ3v) is 15.8. The van der Waals surface area contributed by atoms with Gasteiger partial charge in [0.05, 0.1) is 13.7 Å². The lowest BCUT2D eigenvalue weighted by atomic mass is 10.3. The van der Waals surface area contributed by atoms with Crippen LogP contribution in [0.5, 0.6) is 40.2 Å². The highest BCUT2D eigenvalue weighted by atomic mass is 32.2. The number of rotatable bonds is 18. The lowest BCUT2D eigenvalue weighted by Crippen LogP contribution is -2.11. The molecule has 7 nitrogen and oxygen atoms in total. The van der Waals surface area contributed by atoms with Crippen LogP contribution in [0.4, 0.5) is 0 Å². The number of aromatic hydroxyl groups is 5. The van der Waals surface area contributed by atoms with E-state index in [1.54, 1.807) is 131 Å². The molecule has 320 valence electrons. The van der Waals surface area contributed by atoms with Crippen molar-refractivity contribution in [3.05, 3.63) is 170 Å². The largest absolute Gasteiger partial charge is 0.508 e. The summed E-state index contributed by atoms with van der Waals surface area (Å²) in [5.41, 5.74) is 0. The van der Waals surface area contributed by atoms with Crippen molar-refractivity contribution in [3.63, 3.8) is 0 Å². The molecule has 0 aliphatic rings. The fourth-order valence-corrected chi connectivity index (χ4v) is 12.3. The van der Waals surface area contributed by atoms with E-state index >= 15 is 0 Å². The molecule has 0 spiro atoms. The number of thiol groups is 1. The van der Waals surface area contributed by atoms with Crippen molar-refractivity contribution in [2.45, 2.75) is 54.9 Å². The smallest absolute Gasteiger partial charge is 0.119 e. The van der Waals surface area contributed by atoms with Crippen LogP contribution in [0.25, 0.3) is 0 Å². The number of ether oxygens (including phenoxy) is 2. The molecule has 5 N–H and O–H groups in total. The number of phenols is 5. The van der Waals surface area contributed by atoms with E-state index in [-0.39, 0.29) is 37.9 Å². The van der Waals surface area contributed by atoms with Crippen LogP contribution in [-0.4, -0.2) is 52.5 Å². The van der Waals surface area contributed by atoms with Crippen LogP contribution < -0.4 is 9.47 Å². The molecule has 0 aliphatic heterocycles. The minimum Gasteiger partial charge on any atom is -0.508 e. The van der Waals surface area contributed by atoms with Crippen molar-refractivity contribution in [3.8, 4) is 40.2 Å². The standard InChI is InChI=1S/C34H30O5S5.C14H14O2S2/c35-23-1-13-29(14-2-23)41-33(42-30-15-3-24(36)4-16-30)22-39-27-9-19-32(20-10-27)44-34(43-31-17-5-25(37)6-18-31)21-38-26-7-11-28(40)12-8-26;1-10(17-13-6-2-11(15)3-7-13)18-14-8-4-12(16)5-9-14/h1-20,33-37,40H,21-22H2;2-10,15-16H,1H3. The summed E-state index contributed by atoms with van der Waals surface area (Å²) < 4.78 is 12.8. The number of phenolic OH excluding ortho intramolecular Hbond substituents is 5. The number of hydrogen-bond acceptors (Lipinski definition) is 14. The van der Waals surface area contributed by atoms with Gasteiger partial charge in [-0.2, -0.15) is 0 Å². The quantitative estimate of drug-likeness (QED) is 0.0278. The fraction of sp³-hybridized carbons (Fsp3) is 0.125. The molecule has 0 fully saturated rings. The molecule has 0 aliphatic carbocycles. The van der Waals surface area contributed by atoms with Crippen molar-refractivity contribution in [1.82, 2.24) is 0 Å². The second kappa shape index (κ2) is 24.4. The highest BCUT2D eigenvalue weighted by Crippen LogP contribution is 2.40. The van der Waals surface area contributed by atoms with Gasteiger partial charge < -0.3 is 35.0 Å². The fourth-order valence-electron chi connectivity index (χ4n) is 5.31. The molecular formula is C48H44O7S7. The first kappa shape index (κ1) is 47.1. The molecule has 0 amide bonds. The van der Waals surface area contributed by atoms with Gasteiger partial charge in [-0.1, -0.05) is 0 Å². The van der Waals surface area contributed by atoms with Gasteiger partial charge in [0.2, 0.25) is 0 Å². The van der Waals surface area contributed by atoms with Gasteiger partial charge in [0.25, 0.3) is 0 Å². The monoisotopic (exact) mass is 956 g/mol. The summed E-state index contributed by atoms with van der Waals surface area (Å²) in [7, 11) is 0. The summed E-state index contributed by atoms with van der Waals surface area (Å²) >= 11 is 14.5. The van der Waals surface area contributed by atoms with Crippen molar-refractivity contribution < 1.29 is 35.0 Å². The zero-order chi connectivity index (χ0) is 43.7. The minimum absolute atomic E-state index is 0.0259. The van der Waals surface area contributed by atoms with Crippen LogP contribution in [-0.2, 0) is 0 Å². The molecule has 0 bridgehead atoms. The van der Waals surface area contributed by atoms with Gasteiger partial charge in [-0.25, -0.2) is 0 Å². The van der Waals surface area contributed by atoms with Gasteiger partial charge in [0.15, 0.2) is 0 Å². The van der Waals surface area contributed by atoms with E-state index in [1.165, 1.54) is 0 Å². The first-order valence-electron chi connectivity index (χ1n) is 19.1. The lowest BCUT2D eigenvalue weighted by Gasteiger charge is -2.19. The summed E-state index contributed by atoms with van der Waals surface area (Å²) in [6, 6.07) is 51.6. The van der Waals surface area contributed by atoms with E-state index in [0.29, 0.717) is 17.8 Å². The van der Waals surface area contributed by atoms with E-state index in [9.17, 15) is 25.5 Å². The molecule has 7 rings (SSSR count). The van der Waals surface area contributed by atoms with Gasteiger partial charge in [-0.05, 0) is 177 Å². The van der Waals surface area contributed by atoms with Crippen LogP contribution in [0.2, 0.25) is 0 Å². The van der Waals surface area contributed by atoms with Crippen molar-refractivity contribution in [2.75, 3.05) is 13.2 Å². The molecule has 0 saturated carbocycles. The topological polar surface area (TPSA) is 120 Å². The van der Waals surface area contributed by atoms with Crippen molar-refractivity contribution >= 4 is 83.2 Å². The molecule has 1 atom stereocenters. The Balaban J connectivity index is 0.000000297. The molecule has 0 aromatic heterocycles. The second-order valence-corrected chi connectivity index (χ2v) is 22.5. The van der Waals surface area contributed by atoms with E-state index in [4.69, 9.17) is 9.47 Å². The maximum absolute atomic E-state index is 9.69. The van der Waals surface area contributed by atoms with Gasteiger partial charge in [0.1, 0.15) is 53.5 Å². The molecule has 7 aromatic rings. The van der Waals surface area contributed by atoms with Crippen LogP contribution in [0.1, 0.15) is 6.92 Å². The number of thioether (sulfide) groups is 6. The van der Waals surface area contributed by atoms with E-state index in [0.717, 1.165) is 45.8 Å². The Bertz CT molecular complexity index is 2270. The van der Waals surface area contributed by atoms with E-state index in [2.05, 4.69) is 31.7 Å². The average Bonchev–Trinajstić information content (AvgIpc) is 3.27. The first-order chi connectivity index (χ1) is 30.0. The van der Waals surface area contributed by atoms with Crippen LogP contribution >= 0.6 is 83.2 Å². The third-order valence-electron chi connectivity index (χ3n) is 8.29. The third kappa shape index (κ3) is 16.7. The highest BCUT2D eigenvalue weighted by molar-refractivity contribution is 8.17. The van der Waals surface area contributed by atoms with E-state index < -0.39 is 0 Å².